The molecule has 1 saturated heterocycles. The lowest BCUT2D eigenvalue weighted by Gasteiger charge is -2.34. The van der Waals surface area contributed by atoms with E-state index in [9.17, 15) is 4.79 Å². The van der Waals surface area contributed by atoms with Crippen LogP contribution < -0.4 is 10.2 Å². The van der Waals surface area contributed by atoms with Gasteiger partial charge in [-0.25, -0.2) is 0 Å². The summed E-state index contributed by atoms with van der Waals surface area (Å²) < 4.78 is 1.97. The average molecular weight is 362 g/mol. The number of fused-ring (bicyclic) bond motifs is 1. The summed E-state index contributed by atoms with van der Waals surface area (Å²) in [6, 6.07) is 16.3. The second kappa shape index (κ2) is 7.08. The summed E-state index contributed by atoms with van der Waals surface area (Å²) in [5.41, 5.74) is 4.83. The second-order valence-corrected chi connectivity index (χ2v) is 7.34. The minimum Gasteiger partial charge on any atom is -0.369 e. The van der Waals surface area contributed by atoms with Crippen LogP contribution in [0.1, 0.15) is 16.1 Å². The Morgan fingerprint density at radius 1 is 0.926 bits per heavy atom. The van der Waals surface area contributed by atoms with Gasteiger partial charge in [0.15, 0.2) is 0 Å². The van der Waals surface area contributed by atoms with Crippen LogP contribution in [0.2, 0.25) is 0 Å². The zero-order valence-corrected chi connectivity index (χ0v) is 16.2. The Kier molecular flexibility index (Phi) is 4.62. The van der Waals surface area contributed by atoms with Gasteiger partial charge in [0, 0.05) is 55.5 Å². The Bertz CT molecular complexity index is 927. The molecule has 0 atom stereocenters. The van der Waals surface area contributed by atoms with Crippen LogP contribution >= 0.6 is 0 Å². The number of para-hydroxylation sites is 1. The van der Waals surface area contributed by atoms with E-state index in [4.69, 9.17) is 0 Å². The van der Waals surface area contributed by atoms with Crippen LogP contribution in [0.25, 0.3) is 10.9 Å². The molecule has 0 radical (unpaired) electrons. The molecule has 1 amide bonds. The van der Waals surface area contributed by atoms with Crippen LogP contribution in [0.5, 0.6) is 0 Å². The van der Waals surface area contributed by atoms with Crippen LogP contribution in [-0.4, -0.2) is 48.6 Å². The van der Waals surface area contributed by atoms with Crippen molar-refractivity contribution in [3.63, 3.8) is 0 Å². The molecule has 140 valence electrons. The van der Waals surface area contributed by atoms with E-state index in [1.807, 2.05) is 48.9 Å². The van der Waals surface area contributed by atoms with Crippen LogP contribution in [0.3, 0.4) is 0 Å². The fourth-order valence-corrected chi connectivity index (χ4v) is 3.92. The summed E-state index contributed by atoms with van der Waals surface area (Å²) >= 11 is 0. The number of hydrogen-bond donors (Lipinski definition) is 1. The average Bonchev–Trinajstić information content (AvgIpc) is 2.94. The van der Waals surface area contributed by atoms with E-state index in [1.54, 1.807) is 0 Å². The number of nitrogens with one attached hydrogen (secondary N) is 1. The molecular weight excluding hydrogens is 336 g/mol. The van der Waals surface area contributed by atoms with Gasteiger partial charge in [-0.15, -0.1) is 0 Å². The molecular formula is C22H26N4O. The maximum absolute atomic E-state index is 12.9. The molecule has 5 heteroatoms. The van der Waals surface area contributed by atoms with Crippen molar-refractivity contribution in [3.8, 4) is 0 Å². The molecule has 2 heterocycles. The third-order valence-corrected chi connectivity index (χ3v) is 5.57. The van der Waals surface area contributed by atoms with Crippen molar-refractivity contribution in [2.45, 2.75) is 6.92 Å². The Balaban J connectivity index is 1.52. The molecule has 1 N–H and O–H groups in total. The molecule has 1 aliphatic heterocycles. The first-order valence-corrected chi connectivity index (χ1v) is 9.43. The highest BCUT2D eigenvalue weighted by molar-refractivity contribution is 6.08. The molecule has 0 bridgehead atoms. The highest BCUT2D eigenvalue weighted by Gasteiger charge is 2.18. The number of rotatable bonds is 3. The standard InChI is InChI=1S/C22H26N4O/c1-16-19-6-4-5-7-20(19)25(3)21(16)22(27)23-17-8-10-18(11-9-17)26-14-12-24(2)13-15-26/h4-11H,12-15H2,1-3H3,(H,23,27). The molecule has 4 rings (SSSR count). The zero-order valence-electron chi connectivity index (χ0n) is 16.2. The first-order chi connectivity index (χ1) is 13.0. The lowest BCUT2D eigenvalue weighted by atomic mass is 10.1. The van der Waals surface area contributed by atoms with Crippen molar-refractivity contribution >= 4 is 28.2 Å². The smallest absolute Gasteiger partial charge is 0.272 e. The number of carbonyl (C=O) groups excluding carboxylic acids is 1. The molecule has 1 aromatic heterocycles. The first kappa shape index (κ1) is 17.6. The maximum atomic E-state index is 12.9. The summed E-state index contributed by atoms with van der Waals surface area (Å²) in [7, 11) is 4.10. The van der Waals surface area contributed by atoms with Crippen molar-refractivity contribution in [2.24, 2.45) is 7.05 Å². The minimum absolute atomic E-state index is 0.0708. The molecule has 1 aliphatic rings. The number of benzene rings is 2. The molecule has 5 nitrogen and oxygen atoms in total. The largest absolute Gasteiger partial charge is 0.369 e. The van der Waals surface area contributed by atoms with Crippen LogP contribution in [0.4, 0.5) is 11.4 Å². The van der Waals surface area contributed by atoms with Crippen molar-refractivity contribution in [1.29, 1.82) is 0 Å². The van der Waals surface area contributed by atoms with Crippen molar-refractivity contribution < 1.29 is 4.79 Å². The number of carbonyl (C=O) groups is 1. The highest BCUT2D eigenvalue weighted by Crippen LogP contribution is 2.26. The van der Waals surface area contributed by atoms with E-state index >= 15 is 0 Å². The van der Waals surface area contributed by atoms with Gasteiger partial charge in [-0.05, 0) is 49.9 Å². The third kappa shape index (κ3) is 3.30. The number of likely N-dealkylation sites (N-methyl/N-ethyl adjacent to an activating group) is 1. The fraction of sp³-hybridized carbons (Fsp3) is 0.318. The number of anilines is 2. The molecule has 0 saturated carbocycles. The second-order valence-electron chi connectivity index (χ2n) is 7.34. The quantitative estimate of drug-likeness (QED) is 0.775. The van der Waals surface area contributed by atoms with E-state index in [1.165, 1.54) is 5.69 Å². The van der Waals surface area contributed by atoms with Crippen molar-refractivity contribution in [2.75, 3.05) is 43.4 Å². The predicted molar refractivity (Wildman–Crippen MR) is 112 cm³/mol. The molecule has 0 spiro atoms. The number of piperazine rings is 1. The summed E-state index contributed by atoms with van der Waals surface area (Å²) in [5, 5.41) is 4.17. The third-order valence-electron chi connectivity index (χ3n) is 5.57. The van der Waals surface area contributed by atoms with Crippen molar-refractivity contribution in [3.05, 3.63) is 59.8 Å². The van der Waals surface area contributed by atoms with E-state index in [-0.39, 0.29) is 5.91 Å². The van der Waals surface area contributed by atoms with Crippen LogP contribution in [0.15, 0.2) is 48.5 Å². The Morgan fingerprint density at radius 2 is 1.59 bits per heavy atom. The molecule has 3 aromatic rings. The van der Waals surface area contributed by atoms with E-state index in [0.29, 0.717) is 5.69 Å². The van der Waals surface area contributed by atoms with Gasteiger partial charge in [-0.1, -0.05) is 18.2 Å². The molecule has 27 heavy (non-hydrogen) atoms. The topological polar surface area (TPSA) is 40.5 Å². The van der Waals surface area contributed by atoms with E-state index in [0.717, 1.165) is 48.3 Å². The van der Waals surface area contributed by atoms with E-state index < -0.39 is 0 Å². The predicted octanol–water partition coefficient (Wildman–Crippen LogP) is 3.49. The monoisotopic (exact) mass is 362 g/mol. The minimum atomic E-state index is -0.0708. The van der Waals surface area contributed by atoms with Crippen LogP contribution in [-0.2, 0) is 7.05 Å². The molecule has 0 unspecified atom stereocenters. The number of amides is 1. The highest BCUT2D eigenvalue weighted by atomic mass is 16.2. The van der Waals surface area contributed by atoms with Gasteiger partial charge in [0.25, 0.3) is 5.91 Å². The fourth-order valence-electron chi connectivity index (χ4n) is 3.92. The van der Waals surface area contributed by atoms with Gasteiger partial charge in [-0.2, -0.15) is 0 Å². The Labute approximate surface area is 160 Å². The van der Waals surface area contributed by atoms with E-state index in [2.05, 4.69) is 40.4 Å². The van der Waals surface area contributed by atoms with Crippen LogP contribution in [0, 0.1) is 6.92 Å². The Hall–Kier alpha value is -2.79. The van der Waals surface area contributed by atoms with Gasteiger partial charge in [-0.3, -0.25) is 4.79 Å². The van der Waals surface area contributed by atoms with Gasteiger partial charge in [0.1, 0.15) is 5.69 Å². The summed E-state index contributed by atoms with van der Waals surface area (Å²) in [5.74, 6) is -0.0708. The molecule has 2 aromatic carbocycles. The normalized spacial score (nSPS) is 15.3. The number of aryl methyl sites for hydroxylation is 2. The number of aromatic nitrogens is 1. The first-order valence-electron chi connectivity index (χ1n) is 9.43. The SMILES string of the molecule is Cc1c(C(=O)Nc2ccc(N3CCN(C)CC3)cc2)n(C)c2ccccc12. The molecule has 1 fully saturated rings. The number of hydrogen-bond acceptors (Lipinski definition) is 3. The Morgan fingerprint density at radius 3 is 2.26 bits per heavy atom. The zero-order chi connectivity index (χ0) is 19.0. The van der Waals surface area contributed by atoms with Crippen molar-refractivity contribution in [1.82, 2.24) is 9.47 Å². The molecule has 0 aliphatic carbocycles. The number of nitrogens with zero attached hydrogens (tertiary/aromatic N) is 3. The van der Waals surface area contributed by atoms with Gasteiger partial charge < -0.3 is 19.7 Å². The summed E-state index contributed by atoms with van der Waals surface area (Å²) in [6.45, 7) is 6.25. The summed E-state index contributed by atoms with van der Waals surface area (Å²) in [6.07, 6.45) is 0. The lowest BCUT2D eigenvalue weighted by molar-refractivity contribution is 0.101. The summed E-state index contributed by atoms with van der Waals surface area (Å²) in [4.78, 5) is 17.6. The van der Waals surface area contributed by atoms with Gasteiger partial charge >= 0.3 is 0 Å². The lowest BCUT2D eigenvalue weighted by Crippen LogP contribution is -2.44. The van der Waals surface area contributed by atoms with Gasteiger partial charge in [0.2, 0.25) is 0 Å². The van der Waals surface area contributed by atoms with Gasteiger partial charge in [0.05, 0.1) is 0 Å². The maximum Gasteiger partial charge on any atom is 0.272 e.